The number of benzene rings is 2. The van der Waals surface area contributed by atoms with Crippen LogP contribution in [0.1, 0.15) is 28.8 Å². The average molecular weight is 566 g/mol. The summed E-state index contributed by atoms with van der Waals surface area (Å²) >= 11 is 0. The molecule has 0 bridgehead atoms. The first-order chi connectivity index (χ1) is 19.2. The first-order valence-corrected chi connectivity index (χ1v) is 12.7. The third-order valence-corrected chi connectivity index (χ3v) is 7.89. The van der Waals surface area contributed by atoms with Crippen LogP contribution < -0.4 is 21.3 Å². The quantitative estimate of drug-likeness (QED) is 0.117. The van der Waals surface area contributed by atoms with Crippen molar-refractivity contribution >= 4 is 40.5 Å². The van der Waals surface area contributed by atoms with Crippen LogP contribution >= 0.6 is 0 Å². The second kappa shape index (κ2) is 9.63. The molecule has 2 aromatic rings. The fraction of sp³-hybridized carbons (Fsp3) is 0.286. The van der Waals surface area contributed by atoms with Gasteiger partial charge in [0, 0.05) is 43.4 Å². The zero-order valence-corrected chi connectivity index (χ0v) is 22.1. The van der Waals surface area contributed by atoms with Gasteiger partial charge in [-0.15, -0.1) is 0 Å². The number of ketones is 2. The fourth-order valence-corrected chi connectivity index (χ4v) is 6.01. The number of hydrogen-bond acceptors (Lipinski definition) is 9. The second-order valence-corrected chi connectivity index (χ2v) is 10.6. The third kappa shape index (κ3) is 4.25. The SMILES string of the molecule is CN(C)c1cc(NC(=N)Nc2ccc(F)cc2)c(O)c2c1C[C@H]1C[C@H]3CC(O)=C(C(N)=O)C(=O)[C@@]3(O)C(O)=C1C2=O. The largest absolute Gasteiger partial charge is 0.511 e. The number of carbonyl (C=O) groups is 3. The number of nitrogens with two attached hydrogens (primary N) is 1. The van der Waals surface area contributed by atoms with Crippen molar-refractivity contribution < 1.29 is 39.2 Å². The van der Waals surface area contributed by atoms with Crippen molar-refractivity contribution in [3.05, 3.63) is 69.9 Å². The summed E-state index contributed by atoms with van der Waals surface area (Å²) in [7, 11) is 3.44. The molecule has 0 saturated carbocycles. The molecule has 41 heavy (non-hydrogen) atoms. The number of hydrogen-bond donors (Lipinski definition) is 8. The number of carbonyl (C=O) groups excluding carboxylic acids is 3. The number of Topliss-reactive ketones (excluding diaryl/α,β-unsaturated/α-hetero) is 2. The van der Waals surface area contributed by atoms with E-state index in [0.717, 1.165) is 0 Å². The molecule has 12 nitrogen and oxygen atoms in total. The van der Waals surface area contributed by atoms with E-state index in [2.05, 4.69) is 10.6 Å². The minimum absolute atomic E-state index is 0.0166. The normalized spacial score (nSPS) is 23.4. The Hall–Kier alpha value is -4.91. The Bertz CT molecular complexity index is 1600. The molecule has 0 aliphatic heterocycles. The van der Waals surface area contributed by atoms with Crippen molar-refractivity contribution in [2.75, 3.05) is 29.6 Å². The second-order valence-electron chi connectivity index (χ2n) is 10.6. The summed E-state index contributed by atoms with van der Waals surface area (Å²) in [5.41, 5.74) is 2.61. The lowest BCUT2D eigenvalue weighted by molar-refractivity contribution is -0.144. The van der Waals surface area contributed by atoms with Crippen LogP contribution in [0.25, 0.3) is 0 Å². The van der Waals surface area contributed by atoms with Gasteiger partial charge in [0.25, 0.3) is 5.91 Å². The average Bonchev–Trinajstić information content (AvgIpc) is 2.88. The zero-order valence-electron chi connectivity index (χ0n) is 22.1. The predicted molar refractivity (Wildman–Crippen MR) is 147 cm³/mol. The van der Waals surface area contributed by atoms with Gasteiger partial charge in [0.05, 0.1) is 11.3 Å². The number of phenolic OH excluding ortho intramolecular Hbond substituents is 1. The molecular weight excluding hydrogens is 537 g/mol. The molecule has 0 heterocycles. The number of guanidine groups is 1. The van der Waals surface area contributed by atoms with Crippen molar-refractivity contribution in [3.8, 4) is 5.75 Å². The van der Waals surface area contributed by atoms with E-state index in [1.54, 1.807) is 25.1 Å². The van der Waals surface area contributed by atoms with Crippen molar-refractivity contribution in [2.24, 2.45) is 17.6 Å². The number of nitrogens with zero attached hydrogens (tertiary/aromatic N) is 1. The van der Waals surface area contributed by atoms with E-state index in [1.165, 1.54) is 24.3 Å². The van der Waals surface area contributed by atoms with Crippen LogP contribution in [0.15, 0.2) is 53.0 Å². The number of nitrogens with one attached hydrogen (secondary N) is 3. The molecule has 0 spiro atoms. The van der Waals surface area contributed by atoms with Gasteiger partial charge in [-0.25, -0.2) is 4.39 Å². The summed E-state index contributed by atoms with van der Waals surface area (Å²) in [4.78, 5) is 40.6. The lowest BCUT2D eigenvalue weighted by Crippen LogP contribution is -2.57. The number of anilines is 3. The molecule has 2 aromatic carbocycles. The van der Waals surface area contributed by atoms with Gasteiger partial charge in [0.15, 0.2) is 23.1 Å². The van der Waals surface area contributed by atoms with Crippen LogP contribution in [0, 0.1) is 23.1 Å². The Balaban J connectivity index is 1.58. The number of amides is 1. The smallest absolute Gasteiger partial charge is 0.255 e. The highest BCUT2D eigenvalue weighted by Gasteiger charge is 2.59. The number of aliphatic hydroxyl groups excluding tert-OH is 2. The Morgan fingerprint density at radius 2 is 1.78 bits per heavy atom. The minimum atomic E-state index is -2.66. The Morgan fingerprint density at radius 1 is 1.12 bits per heavy atom. The van der Waals surface area contributed by atoms with Gasteiger partial charge in [0.1, 0.15) is 22.9 Å². The van der Waals surface area contributed by atoms with Gasteiger partial charge >= 0.3 is 0 Å². The van der Waals surface area contributed by atoms with Crippen molar-refractivity contribution in [3.63, 3.8) is 0 Å². The number of aromatic hydroxyl groups is 1. The van der Waals surface area contributed by atoms with Crippen LogP contribution in [-0.4, -0.2) is 63.6 Å². The summed E-state index contributed by atoms with van der Waals surface area (Å²) in [5.74, 6) is -7.93. The van der Waals surface area contributed by atoms with Crippen molar-refractivity contribution in [1.29, 1.82) is 5.41 Å². The van der Waals surface area contributed by atoms with E-state index in [0.29, 0.717) is 16.9 Å². The molecule has 0 unspecified atom stereocenters. The molecule has 0 saturated heterocycles. The molecule has 214 valence electrons. The van der Waals surface area contributed by atoms with E-state index in [1.807, 2.05) is 0 Å². The zero-order chi connectivity index (χ0) is 30.0. The topological polar surface area (TPSA) is 209 Å². The number of halogens is 1. The first-order valence-electron chi connectivity index (χ1n) is 12.7. The van der Waals surface area contributed by atoms with Gasteiger partial charge in [-0.3, -0.25) is 19.8 Å². The van der Waals surface area contributed by atoms with Gasteiger partial charge in [-0.05, 0) is 54.7 Å². The third-order valence-electron chi connectivity index (χ3n) is 7.89. The molecule has 0 fully saturated rings. The number of allylic oxidation sites excluding steroid dienone is 2. The fourth-order valence-electron chi connectivity index (χ4n) is 6.01. The molecule has 5 rings (SSSR count). The van der Waals surface area contributed by atoms with Crippen molar-refractivity contribution in [2.45, 2.75) is 24.9 Å². The molecule has 0 aromatic heterocycles. The van der Waals surface area contributed by atoms with E-state index in [9.17, 15) is 39.2 Å². The number of aliphatic hydroxyl groups is 3. The highest BCUT2D eigenvalue weighted by Crippen LogP contribution is 2.53. The van der Waals surface area contributed by atoms with Gasteiger partial charge in [-0.1, -0.05) is 0 Å². The Morgan fingerprint density at radius 3 is 2.39 bits per heavy atom. The number of fused-ring (bicyclic) bond motifs is 3. The van der Waals surface area contributed by atoms with Gasteiger partial charge in [-0.2, -0.15) is 0 Å². The number of phenols is 1. The lowest BCUT2D eigenvalue weighted by Gasteiger charge is -2.46. The van der Waals surface area contributed by atoms with E-state index in [4.69, 9.17) is 11.1 Å². The summed E-state index contributed by atoms with van der Waals surface area (Å²) in [6.07, 6.45) is -0.156. The van der Waals surface area contributed by atoms with E-state index < -0.39 is 63.6 Å². The maximum absolute atomic E-state index is 13.9. The van der Waals surface area contributed by atoms with Crippen LogP contribution in [0.3, 0.4) is 0 Å². The number of rotatable bonds is 4. The van der Waals surface area contributed by atoms with Crippen LogP contribution in [0.5, 0.6) is 5.75 Å². The monoisotopic (exact) mass is 565 g/mol. The predicted octanol–water partition coefficient (Wildman–Crippen LogP) is 2.24. The first kappa shape index (κ1) is 27.6. The summed E-state index contributed by atoms with van der Waals surface area (Å²) in [6.45, 7) is 0. The van der Waals surface area contributed by atoms with Crippen LogP contribution in [0.4, 0.5) is 21.5 Å². The Kier molecular flexibility index (Phi) is 6.49. The van der Waals surface area contributed by atoms with Crippen LogP contribution in [-0.2, 0) is 16.0 Å². The molecule has 13 heteroatoms. The lowest BCUT2D eigenvalue weighted by atomic mass is 9.60. The molecule has 9 N–H and O–H groups in total. The number of primary amides is 1. The van der Waals surface area contributed by atoms with Crippen LogP contribution in [0.2, 0.25) is 0 Å². The van der Waals surface area contributed by atoms with Crippen molar-refractivity contribution in [1.82, 2.24) is 0 Å². The summed E-state index contributed by atoms with van der Waals surface area (Å²) in [5, 5.41) is 57.8. The summed E-state index contributed by atoms with van der Waals surface area (Å²) < 4.78 is 13.2. The van der Waals surface area contributed by atoms with E-state index in [-0.39, 0.29) is 42.0 Å². The molecule has 0 radical (unpaired) electrons. The summed E-state index contributed by atoms with van der Waals surface area (Å²) in [6, 6.07) is 6.78. The molecule has 3 aliphatic rings. The minimum Gasteiger partial charge on any atom is -0.511 e. The molecule has 3 aliphatic carbocycles. The molecule has 3 atom stereocenters. The van der Waals surface area contributed by atoms with E-state index >= 15 is 0 Å². The van der Waals surface area contributed by atoms with Gasteiger partial charge in [0.2, 0.25) is 5.78 Å². The standard InChI is InChI=1S/C28H28FN5O7/c1-34(2)17-10-16(33-27(31)32-14-5-3-13(29)4-6-14)22(36)20-15(17)8-11-7-12-9-18(35)21(26(30)40)25(39)28(12,41)24(38)19(11)23(20)37/h3-6,10-12,35-36,38,41H,7-9H2,1-2H3,(H2,30,40)(H3,31,32,33)/t11-,12+,28+/m1/s1. The Labute approximate surface area is 233 Å². The maximum atomic E-state index is 13.9. The van der Waals surface area contributed by atoms with Gasteiger partial charge < -0.3 is 41.7 Å². The molecular formula is C28H28FN5O7. The highest BCUT2D eigenvalue weighted by atomic mass is 19.1. The highest BCUT2D eigenvalue weighted by molar-refractivity contribution is 6.24. The maximum Gasteiger partial charge on any atom is 0.255 e. The molecule has 1 amide bonds.